The first-order valence-electron chi connectivity index (χ1n) is 3.89. The van der Waals surface area contributed by atoms with E-state index in [-0.39, 0.29) is 13.1 Å². The number of aliphatic hydroxyl groups is 2. The van der Waals surface area contributed by atoms with Gasteiger partial charge in [0, 0.05) is 27.2 Å². The van der Waals surface area contributed by atoms with E-state index in [0.717, 1.165) is 8.61 Å². The first-order valence-corrected chi connectivity index (χ1v) is 5.29. The van der Waals surface area contributed by atoms with Crippen molar-refractivity contribution in [3.05, 3.63) is 0 Å². The first kappa shape index (κ1) is 10.9. The number of β-amino-alcohol motifs (C(OH)–C–C–N with tert-alkyl or cyclic N) is 2. The van der Waals surface area contributed by atoms with Crippen molar-refractivity contribution in [1.82, 2.24) is 8.61 Å². The van der Waals surface area contributed by atoms with Gasteiger partial charge in [0.05, 0.1) is 12.2 Å². The molecule has 6 nitrogen and oxygen atoms in total. The van der Waals surface area contributed by atoms with Crippen molar-refractivity contribution >= 4 is 10.2 Å². The van der Waals surface area contributed by atoms with Crippen LogP contribution in [0.5, 0.6) is 0 Å². The summed E-state index contributed by atoms with van der Waals surface area (Å²) in [6.45, 7) is -0.0800. The zero-order chi connectivity index (χ0) is 10.2. The zero-order valence-electron chi connectivity index (χ0n) is 7.58. The Morgan fingerprint density at radius 3 is 1.92 bits per heavy atom. The number of nitrogens with zero attached hydrogens (tertiary/aromatic N) is 2. The van der Waals surface area contributed by atoms with Gasteiger partial charge in [0.2, 0.25) is 0 Å². The third-order valence-corrected chi connectivity index (χ3v) is 3.89. The van der Waals surface area contributed by atoms with Gasteiger partial charge in [0.1, 0.15) is 0 Å². The summed E-state index contributed by atoms with van der Waals surface area (Å²) in [6.07, 6.45) is -1.95. The van der Waals surface area contributed by atoms with Gasteiger partial charge in [-0.15, -0.1) is 0 Å². The Kier molecular flexibility index (Phi) is 2.93. The molecule has 1 heterocycles. The molecule has 78 valence electrons. The minimum atomic E-state index is -3.50. The molecule has 2 N–H and O–H groups in total. The molecule has 0 radical (unpaired) electrons. The second kappa shape index (κ2) is 3.50. The van der Waals surface area contributed by atoms with Gasteiger partial charge >= 0.3 is 0 Å². The fourth-order valence-corrected chi connectivity index (χ4v) is 2.30. The lowest BCUT2D eigenvalue weighted by Crippen LogP contribution is -2.39. The molecule has 0 aromatic heterocycles. The maximum absolute atomic E-state index is 11.5. The standard InChI is InChI=1S/C6H14N2O4S/c1-7(2)13(11,12)8-3-5(9)6(10)4-8/h5-6,9-10H,3-4H2,1-2H3. The van der Waals surface area contributed by atoms with Crippen LogP contribution in [-0.4, -0.2) is 66.6 Å². The van der Waals surface area contributed by atoms with Crippen LogP contribution in [0.15, 0.2) is 0 Å². The number of hydrogen-bond acceptors (Lipinski definition) is 4. The lowest BCUT2D eigenvalue weighted by Gasteiger charge is -2.19. The summed E-state index contributed by atoms with van der Waals surface area (Å²) in [5.74, 6) is 0. The van der Waals surface area contributed by atoms with Gasteiger partial charge in [-0.05, 0) is 0 Å². The van der Waals surface area contributed by atoms with E-state index in [9.17, 15) is 8.42 Å². The van der Waals surface area contributed by atoms with Crippen LogP contribution in [0.25, 0.3) is 0 Å². The molecular formula is C6H14N2O4S. The Balaban J connectivity index is 2.77. The summed E-state index contributed by atoms with van der Waals surface area (Å²) < 4.78 is 25.0. The second-order valence-corrected chi connectivity index (χ2v) is 5.38. The molecule has 1 saturated heterocycles. The highest BCUT2D eigenvalue weighted by Crippen LogP contribution is 2.15. The van der Waals surface area contributed by atoms with E-state index < -0.39 is 22.4 Å². The second-order valence-electron chi connectivity index (χ2n) is 3.24. The Morgan fingerprint density at radius 1 is 1.23 bits per heavy atom. The van der Waals surface area contributed by atoms with Gasteiger partial charge < -0.3 is 10.2 Å². The normalized spacial score (nSPS) is 31.5. The molecule has 0 amide bonds. The fraction of sp³-hybridized carbons (Fsp3) is 1.00. The van der Waals surface area contributed by atoms with Crippen LogP contribution < -0.4 is 0 Å². The van der Waals surface area contributed by atoms with Crippen molar-refractivity contribution in [2.45, 2.75) is 12.2 Å². The Morgan fingerprint density at radius 2 is 1.62 bits per heavy atom. The Hall–Kier alpha value is -0.210. The molecule has 1 aliphatic rings. The maximum atomic E-state index is 11.5. The van der Waals surface area contributed by atoms with Crippen LogP contribution in [0.4, 0.5) is 0 Å². The summed E-state index contributed by atoms with van der Waals surface area (Å²) >= 11 is 0. The molecule has 7 heteroatoms. The van der Waals surface area contributed by atoms with E-state index in [1.807, 2.05) is 0 Å². The molecule has 0 aliphatic carbocycles. The van der Waals surface area contributed by atoms with Gasteiger partial charge in [-0.3, -0.25) is 0 Å². The lowest BCUT2D eigenvalue weighted by atomic mass is 10.3. The van der Waals surface area contributed by atoms with Crippen molar-refractivity contribution in [3.63, 3.8) is 0 Å². The van der Waals surface area contributed by atoms with E-state index in [4.69, 9.17) is 10.2 Å². The van der Waals surface area contributed by atoms with Gasteiger partial charge in [-0.2, -0.15) is 17.0 Å². The van der Waals surface area contributed by atoms with Crippen molar-refractivity contribution in [2.75, 3.05) is 27.2 Å². The molecule has 0 saturated carbocycles. The summed E-state index contributed by atoms with van der Waals surface area (Å²) in [4.78, 5) is 0. The molecular weight excluding hydrogens is 196 g/mol. The predicted molar refractivity (Wildman–Crippen MR) is 46.2 cm³/mol. The summed E-state index contributed by atoms with van der Waals surface area (Å²) in [6, 6.07) is 0. The third kappa shape index (κ3) is 2.00. The van der Waals surface area contributed by atoms with Gasteiger partial charge in [-0.25, -0.2) is 0 Å². The summed E-state index contributed by atoms with van der Waals surface area (Å²) in [5, 5.41) is 18.3. The van der Waals surface area contributed by atoms with Crippen molar-refractivity contribution in [2.24, 2.45) is 0 Å². The summed E-state index contributed by atoms with van der Waals surface area (Å²) in [5.41, 5.74) is 0. The minimum Gasteiger partial charge on any atom is -0.389 e. The molecule has 0 aromatic carbocycles. The molecule has 1 rings (SSSR count). The largest absolute Gasteiger partial charge is 0.389 e. The highest BCUT2D eigenvalue weighted by atomic mass is 32.2. The topological polar surface area (TPSA) is 81.1 Å². The number of aliphatic hydroxyl groups excluding tert-OH is 2. The van der Waals surface area contributed by atoms with Crippen molar-refractivity contribution < 1.29 is 18.6 Å². The van der Waals surface area contributed by atoms with E-state index in [1.165, 1.54) is 14.1 Å². The van der Waals surface area contributed by atoms with E-state index in [2.05, 4.69) is 0 Å². The smallest absolute Gasteiger partial charge is 0.281 e. The highest BCUT2D eigenvalue weighted by molar-refractivity contribution is 7.86. The van der Waals surface area contributed by atoms with Crippen molar-refractivity contribution in [1.29, 1.82) is 0 Å². The zero-order valence-corrected chi connectivity index (χ0v) is 8.40. The van der Waals surface area contributed by atoms with Gasteiger partial charge in [0.15, 0.2) is 0 Å². The van der Waals surface area contributed by atoms with Crippen LogP contribution in [-0.2, 0) is 10.2 Å². The van der Waals surface area contributed by atoms with E-state index in [1.54, 1.807) is 0 Å². The molecule has 0 bridgehead atoms. The van der Waals surface area contributed by atoms with Crippen molar-refractivity contribution in [3.8, 4) is 0 Å². The highest BCUT2D eigenvalue weighted by Gasteiger charge is 2.37. The molecule has 2 atom stereocenters. The van der Waals surface area contributed by atoms with Crippen LogP contribution in [0, 0.1) is 0 Å². The van der Waals surface area contributed by atoms with E-state index in [0.29, 0.717) is 0 Å². The van der Waals surface area contributed by atoms with Crippen LogP contribution in [0.3, 0.4) is 0 Å². The molecule has 1 fully saturated rings. The van der Waals surface area contributed by atoms with Gasteiger partial charge in [0.25, 0.3) is 10.2 Å². The maximum Gasteiger partial charge on any atom is 0.281 e. The van der Waals surface area contributed by atoms with Crippen LogP contribution >= 0.6 is 0 Å². The average molecular weight is 210 g/mol. The molecule has 13 heavy (non-hydrogen) atoms. The van der Waals surface area contributed by atoms with Crippen LogP contribution in [0.2, 0.25) is 0 Å². The molecule has 2 unspecified atom stereocenters. The number of hydrogen-bond donors (Lipinski definition) is 2. The molecule has 1 aliphatic heterocycles. The quantitative estimate of drug-likeness (QED) is 0.543. The van der Waals surface area contributed by atoms with E-state index >= 15 is 0 Å². The Labute approximate surface area is 77.6 Å². The third-order valence-electron chi connectivity index (χ3n) is 2.01. The minimum absolute atomic E-state index is 0.0400. The summed E-state index contributed by atoms with van der Waals surface area (Å²) in [7, 11) is -0.678. The van der Waals surface area contributed by atoms with Crippen LogP contribution in [0.1, 0.15) is 0 Å². The lowest BCUT2D eigenvalue weighted by molar-refractivity contribution is 0.0572. The fourth-order valence-electron chi connectivity index (χ4n) is 1.15. The molecule has 0 aromatic rings. The Bertz CT molecular complexity index is 266. The van der Waals surface area contributed by atoms with Gasteiger partial charge in [-0.1, -0.05) is 0 Å². The first-order chi connectivity index (χ1) is 5.85. The SMILES string of the molecule is CN(C)S(=O)(=O)N1CC(O)C(O)C1. The number of rotatable bonds is 2. The average Bonchev–Trinajstić information content (AvgIpc) is 2.32. The monoisotopic (exact) mass is 210 g/mol. The molecule has 0 spiro atoms. The predicted octanol–water partition coefficient (Wildman–Crippen LogP) is -2.17.